The molecule has 0 bridgehead atoms. The first-order valence-corrected chi connectivity index (χ1v) is 29.4. The Hall–Kier alpha value is -11.5. The molecule has 0 amide bonds. The van der Waals surface area contributed by atoms with E-state index in [1.807, 2.05) is 12.1 Å². The summed E-state index contributed by atoms with van der Waals surface area (Å²) in [5.41, 5.74) is 18.6. The molecular weight excluding hydrogens is 1040 g/mol. The van der Waals surface area contributed by atoms with Crippen molar-refractivity contribution in [3.63, 3.8) is 0 Å². The summed E-state index contributed by atoms with van der Waals surface area (Å²) in [6.07, 6.45) is 0. The van der Waals surface area contributed by atoms with Crippen molar-refractivity contribution in [3.05, 3.63) is 315 Å². The van der Waals surface area contributed by atoms with Crippen LogP contribution in [0.15, 0.2) is 324 Å². The fourth-order valence-corrected chi connectivity index (χ4v) is 13.5. The lowest BCUT2D eigenvalue weighted by molar-refractivity contribution is 0.669. The van der Waals surface area contributed by atoms with E-state index < -0.39 is 0 Å². The molecule has 86 heavy (non-hydrogen) atoms. The standard InChI is InChI=1S/C82H52N2O2/c1-3-19-53(20-4-1)55-39-43-59(44-40-55)79-67-49-47-62(84(74-34-16-26-58-24-8-10-28-64(58)74)76-36-18-32-70-66-30-12-14-38-78(66)86-82(70)76)52-72(67)80(60-45-41-56(42-46-60)54-21-5-2-6-22-54)68-50-48-61(51-71(68)79)83(73-33-15-25-57-23-7-9-27-63(57)73)75-35-17-31-69-65-29-11-13-37-77(65)85-81(69)75/h1-52H. The second kappa shape index (κ2) is 20.2. The highest BCUT2D eigenvalue weighted by Crippen LogP contribution is 2.52. The fourth-order valence-electron chi connectivity index (χ4n) is 13.5. The van der Waals surface area contributed by atoms with Gasteiger partial charge in [-0.15, -0.1) is 0 Å². The van der Waals surface area contributed by atoms with Gasteiger partial charge in [-0.1, -0.05) is 255 Å². The Morgan fingerprint density at radius 2 is 0.523 bits per heavy atom. The van der Waals surface area contributed by atoms with Crippen LogP contribution in [0.25, 0.3) is 131 Å². The third-order valence-corrected chi connectivity index (χ3v) is 17.4. The van der Waals surface area contributed by atoms with Crippen LogP contribution < -0.4 is 9.80 Å². The van der Waals surface area contributed by atoms with E-state index in [0.29, 0.717) is 0 Å². The van der Waals surface area contributed by atoms with Crippen LogP contribution in [0.1, 0.15) is 0 Å². The zero-order valence-electron chi connectivity index (χ0n) is 46.7. The van der Waals surface area contributed by atoms with Gasteiger partial charge < -0.3 is 18.6 Å². The highest BCUT2D eigenvalue weighted by Gasteiger charge is 2.27. The Labute approximate surface area is 496 Å². The maximum Gasteiger partial charge on any atom is 0.159 e. The van der Waals surface area contributed by atoms with Crippen molar-refractivity contribution in [2.24, 2.45) is 0 Å². The van der Waals surface area contributed by atoms with Gasteiger partial charge in [-0.25, -0.2) is 0 Å². The Morgan fingerprint density at radius 3 is 0.965 bits per heavy atom. The largest absolute Gasteiger partial charge is 0.454 e. The molecule has 0 radical (unpaired) electrons. The average Bonchev–Trinajstić information content (AvgIpc) is 1.04. The number of hydrogen-bond acceptors (Lipinski definition) is 4. The van der Waals surface area contributed by atoms with Crippen LogP contribution >= 0.6 is 0 Å². The van der Waals surface area contributed by atoms with Gasteiger partial charge in [0.15, 0.2) is 11.2 Å². The molecule has 17 rings (SSSR count). The maximum absolute atomic E-state index is 6.93. The Balaban J connectivity index is 0.983. The summed E-state index contributed by atoms with van der Waals surface area (Å²) in [6.45, 7) is 0. The van der Waals surface area contributed by atoms with Crippen LogP contribution in [0.3, 0.4) is 0 Å². The first-order valence-electron chi connectivity index (χ1n) is 29.4. The molecule has 0 N–H and O–H groups in total. The van der Waals surface area contributed by atoms with Crippen LogP contribution in [0.4, 0.5) is 34.1 Å². The average molecular weight is 1100 g/mol. The van der Waals surface area contributed by atoms with Crippen molar-refractivity contribution in [1.82, 2.24) is 0 Å². The first-order chi connectivity index (χ1) is 42.7. The molecular formula is C82H52N2O2. The Bertz CT molecular complexity index is 5120. The summed E-state index contributed by atoms with van der Waals surface area (Å²) in [6, 6.07) is 114. The predicted molar refractivity (Wildman–Crippen MR) is 362 cm³/mol. The van der Waals surface area contributed by atoms with Crippen LogP contribution in [0, 0.1) is 0 Å². The van der Waals surface area contributed by atoms with Crippen molar-refractivity contribution in [1.29, 1.82) is 0 Å². The third kappa shape index (κ3) is 8.07. The van der Waals surface area contributed by atoms with Gasteiger partial charge in [0, 0.05) is 43.7 Å². The molecule has 2 heterocycles. The van der Waals surface area contributed by atoms with Crippen LogP contribution in [-0.4, -0.2) is 0 Å². The zero-order valence-corrected chi connectivity index (χ0v) is 46.7. The van der Waals surface area contributed by atoms with E-state index in [1.54, 1.807) is 0 Å². The molecule has 15 aromatic carbocycles. The summed E-state index contributed by atoms with van der Waals surface area (Å²) in [7, 11) is 0. The van der Waals surface area contributed by atoms with E-state index >= 15 is 0 Å². The monoisotopic (exact) mass is 1100 g/mol. The van der Waals surface area contributed by atoms with E-state index in [0.717, 1.165) is 154 Å². The van der Waals surface area contributed by atoms with Crippen LogP contribution in [0.2, 0.25) is 0 Å². The lowest BCUT2D eigenvalue weighted by Crippen LogP contribution is -2.11. The number of benzene rings is 15. The summed E-state index contributed by atoms with van der Waals surface area (Å²) in [5.74, 6) is 0. The second-order valence-electron chi connectivity index (χ2n) is 22.3. The van der Waals surface area contributed by atoms with Gasteiger partial charge in [0.25, 0.3) is 0 Å². The summed E-state index contributed by atoms with van der Waals surface area (Å²) in [5, 5.41) is 13.4. The van der Waals surface area contributed by atoms with Crippen molar-refractivity contribution >= 4 is 121 Å². The summed E-state index contributed by atoms with van der Waals surface area (Å²) in [4.78, 5) is 4.83. The molecule has 0 fully saturated rings. The highest BCUT2D eigenvalue weighted by molar-refractivity contribution is 6.24. The van der Waals surface area contributed by atoms with Gasteiger partial charge in [0.2, 0.25) is 0 Å². The predicted octanol–water partition coefficient (Wildman–Crippen LogP) is 23.7. The molecule has 0 saturated heterocycles. The molecule has 0 aliphatic heterocycles. The molecule has 402 valence electrons. The van der Waals surface area contributed by atoms with Gasteiger partial charge in [0.05, 0.1) is 22.7 Å². The molecule has 2 aromatic heterocycles. The lowest BCUT2D eigenvalue weighted by atomic mass is 9.84. The minimum absolute atomic E-state index is 0.831. The molecule has 0 aliphatic rings. The van der Waals surface area contributed by atoms with Crippen LogP contribution in [-0.2, 0) is 0 Å². The molecule has 4 heteroatoms. The number of furan rings is 2. The van der Waals surface area contributed by atoms with Crippen molar-refractivity contribution in [3.8, 4) is 44.5 Å². The van der Waals surface area contributed by atoms with E-state index in [1.165, 1.54) is 11.1 Å². The van der Waals surface area contributed by atoms with Gasteiger partial charge >= 0.3 is 0 Å². The molecule has 0 aliphatic carbocycles. The third-order valence-electron chi connectivity index (χ3n) is 17.4. The molecule has 0 spiro atoms. The second-order valence-corrected chi connectivity index (χ2v) is 22.3. The van der Waals surface area contributed by atoms with E-state index in [-0.39, 0.29) is 0 Å². The summed E-state index contributed by atoms with van der Waals surface area (Å²) < 4.78 is 13.9. The minimum atomic E-state index is 0.831. The van der Waals surface area contributed by atoms with Crippen molar-refractivity contribution in [2.75, 3.05) is 9.80 Å². The fraction of sp³-hybridized carbons (Fsp3) is 0. The first kappa shape index (κ1) is 49.2. The van der Waals surface area contributed by atoms with Gasteiger partial charge in [-0.2, -0.15) is 0 Å². The number of fused-ring (bicyclic) bond motifs is 10. The van der Waals surface area contributed by atoms with E-state index in [9.17, 15) is 0 Å². The van der Waals surface area contributed by atoms with E-state index in [4.69, 9.17) is 8.83 Å². The smallest absolute Gasteiger partial charge is 0.159 e. The lowest BCUT2D eigenvalue weighted by Gasteiger charge is -2.29. The van der Waals surface area contributed by atoms with Gasteiger partial charge in [-0.3, -0.25) is 0 Å². The van der Waals surface area contributed by atoms with Crippen molar-refractivity contribution < 1.29 is 8.83 Å². The van der Waals surface area contributed by atoms with Crippen LogP contribution in [0.5, 0.6) is 0 Å². The Morgan fingerprint density at radius 1 is 0.198 bits per heavy atom. The van der Waals surface area contributed by atoms with Crippen molar-refractivity contribution in [2.45, 2.75) is 0 Å². The van der Waals surface area contributed by atoms with E-state index in [2.05, 4.69) is 313 Å². The number of para-hydroxylation sites is 4. The SMILES string of the molecule is c1ccc(-c2ccc(-c3c4ccc(N(c5cccc6ccccc56)c5cccc6c5oc5ccccc56)cc4c(-c4ccc(-c5ccccc5)cc4)c4ccc(N(c5cccc6ccccc56)c5cccc6c5oc5ccccc56)cc34)cc2)cc1. The Kier molecular flexibility index (Phi) is 11.5. The molecule has 4 nitrogen and oxygen atoms in total. The van der Waals surface area contributed by atoms with Gasteiger partial charge in [0.1, 0.15) is 11.2 Å². The quantitative estimate of drug-likeness (QED) is 0.128. The number of rotatable bonds is 10. The zero-order chi connectivity index (χ0) is 56.7. The van der Waals surface area contributed by atoms with Gasteiger partial charge in [-0.05, 0) is 137 Å². The highest BCUT2D eigenvalue weighted by atomic mass is 16.3. The molecule has 0 saturated carbocycles. The number of nitrogens with zero attached hydrogens (tertiary/aromatic N) is 2. The number of anilines is 6. The molecule has 0 atom stereocenters. The topological polar surface area (TPSA) is 32.8 Å². The molecule has 0 unspecified atom stereocenters. The normalized spacial score (nSPS) is 11.7. The maximum atomic E-state index is 6.93. The summed E-state index contributed by atoms with van der Waals surface area (Å²) >= 11 is 0. The molecule has 17 aromatic rings. The minimum Gasteiger partial charge on any atom is -0.454 e. The number of hydrogen-bond donors (Lipinski definition) is 0.